The normalized spacial score (nSPS) is 10.6. The van der Waals surface area contributed by atoms with Gasteiger partial charge in [0.15, 0.2) is 11.5 Å². The zero-order chi connectivity index (χ0) is 10.3. The Labute approximate surface area is 86.5 Å². The molecule has 0 bridgehead atoms. The lowest BCUT2D eigenvalue weighted by atomic mass is 10.3. The number of hydrogen-bond donors (Lipinski definition) is 2. The van der Waals surface area contributed by atoms with Crippen LogP contribution in [0.2, 0.25) is 0 Å². The molecule has 0 unspecified atom stereocenters. The van der Waals surface area contributed by atoms with Crippen molar-refractivity contribution in [3.8, 4) is 0 Å². The van der Waals surface area contributed by atoms with E-state index in [0.717, 1.165) is 0 Å². The van der Waals surface area contributed by atoms with Gasteiger partial charge in [-0.25, -0.2) is 14.3 Å². The molecule has 0 amide bonds. The fraction of sp³-hybridized carbons (Fsp3) is 0. The zero-order valence-electron chi connectivity index (χ0n) is 6.81. The molecule has 2 rings (SSSR count). The number of carboxylic acid groups (broad SMARTS) is 1. The molecular formula is C7H5BrN4O2. The van der Waals surface area contributed by atoms with E-state index in [0.29, 0.717) is 10.1 Å². The minimum Gasteiger partial charge on any atom is -0.478 e. The molecular weight excluding hydrogens is 252 g/mol. The number of nitrogens with zero attached hydrogens (tertiary/aromatic N) is 3. The number of rotatable bonds is 1. The van der Waals surface area contributed by atoms with Crippen molar-refractivity contribution in [2.75, 3.05) is 5.73 Å². The Morgan fingerprint density at radius 3 is 3.00 bits per heavy atom. The van der Waals surface area contributed by atoms with E-state index in [1.54, 1.807) is 0 Å². The van der Waals surface area contributed by atoms with Crippen LogP contribution in [0.5, 0.6) is 0 Å². The summed E-state index contributed by atoms with van der Waals surface area (Å²) in [7, 11) is 0. The second kappa shape index (κ2) is 2.95. The van der Waals surface area contributed by atoms with Crippen LogP contribution >= 0.6 is 15.9 Å². The topological polar surface area (TPSA) is 93.5 Å². The third kappa shape index (κ3) is 1.22. The highest BCUT2D eigenvalue weighted by Gasteiger charge is 2.10. The van der Waals surface area contributed by atoms with E-state index in [9.17, 15) is 4.79 Å². The lowest BCUT2D eigenvalue weighted by Crippen LogP contribution is -2.01. The summed E-state index contributed by atoms with van der Waals surface area (Å²) in [6.45, 7) is 0. The molecule has 0 radical (unpaired) electrons. The van der Waals surface area contributed by atoms with Gasteiger partial charge in [0, 0.05) is 12.4 Å². The molecule has 2 aromatic rings. The van der Waals surface area contributed by atoms with Crippen molar-refractivity contribution in [3.63, 3.8) is 0 Å². The second-order valence-electron chi connectivity index (χ2n) is 2.62. The molecule has 2 aromatic heterocycles. The lowest BCUT2D eigenvalue weighted by molar-refractivity contribution is 0.0695. The maximum Gasteiger partial charge on any atom is 0.338 e. The number of halogens is 1. The SMILES string of the molecule is Nc1nn2cc(C(=O)O)cnc2c1Br. The van der Waals surface area contributed by atoms with Crippen LogP contribution in [-0.2, 0) is 0 Å². The van der Waals surface area contributed by atoms with Crippen LogP contribution in [0.1, 0.15) is 10.4 Å². The van der Waals surface area contributed by atoms with Gasteiger partial charge in [0.25, 0.3) is 0 Å². The van der Waals surface area contributed by atoms with Crippen LogP contribution in [0.3, 0.4) is 0 Å². The van der Waals surface area contributed by atoms with Gasteiger partial charge < -0.3 is 10.8 Å². The molecule has 3 N–H and O–H groups in total. The highest BCUT2D eigenvalue weighted by molar-refractivity contribution is 9.10. The maximum absolute atomic E-state index is 10.6. The summed E-state index contributed by atoms with van der Waals surface area (Å²) in [6, 6.07) is 0. The first-order chi connectivity index (χ1) is 6.59. The molecule has 0 fully saturated rings. The third-order valence-electron chi connectivity index (χ3n) is 1.69. The Balaban J connectivity index is 2.73. The molecule has 0 aliphatic rings. The van der Waals surface area contributed by atoms with Crippen LogP contribution in [0.15, 0.2) is 16.9 Å². The van der Waals surface area contributed by atoms with Gasteiger partial charge in [-0.2, -0.15) is 0 Å². The van der Waals surface area contributed by atoms with Crippen molar-refractivity contribution in [1.82, 2.24) is 14.6 Å². The van der Waals surface area contributed by atoms with E-state index in [1.165, 1.54) is 16.9 Å². The summed E-state index contributed by atoms with van der Waals surface area (Å²) < 4.78 is 1.89. The van der Waals surface area contributed by atoms with E-state index >= 15 is 0 Å². The summed E-state index contributed by atoms with van der Waals surface area (Å²) in [6.07, 6.45) is 2.61. The summed E-state index contributed by atoms with van der Waals surface area (Å²) in [5.74, 6) is -0.773. The monoisotopic (exact) mass is 256 g/mol. The van der Waals surface area contributed by atoms with Crippen molar-refractivity contribution in [1.29, 1.82) is 0 Å². The van der Waals surface area contributed by atoms with E-state index in [1.807, 2.05) is 0 Å². The molecule has 0 aromatic carbocycles. The van der Waals surface area contributed by atoms with Crippen LogP contribution < -0.4 is 5.73 Å². The first-order valence-electron chi connectivity index (χ1n) is 3.62. The van der Waals surface area contributed by atoms with Gasteiger partial charge in [-0.3, -0.25) is 0 Å². The quantitative estimate of drug-likeness (QED) is 0.786. The molecule has 7 heteroatoms. The van der Waals surface area contributed by atoms with Crippen LogP contribution in [-0.4, -0.2) is 25.7 Å². The molecule has 0 atom stereocenters. The summed E-state index contributed by atoms with van der Waals surface area (Å²) >= 11 is 3.19. The molecule has 0 saturated heterocycles. The molecule has 6 nitrogen and oxygen atoms in total. The zero-order valence-corrected chi connectivity index (χ0v) is 8.39. The fourth-order valence-electron chi connectivity index (χ4n) is 1.03. The number of fused-ring (bicyclic) bond motifs is 1. The number of aromatic carboxylic acids is 1. The van der Waals surface area contributed by atoms with E-state index in [4.69, 9.17) is 10.8 Å². The number of nitrogen functional groups attached to an aromatic ring is 1. The Bertz CT molecular complexity index is 522. The summed E-state index contributed by atoms with van der Waals surface area (Å²) in [4.78, 5) is 14.5. The maximum atomic E-state index is 10.6. The standard InChI is InChI=1S/C7H5BrN4O2/c8-4-5(9)11-12-2-3(7(13)14)1-10-6(4)12/h1-2H,(H2,9,11)(H,13,14). The van der Waals surface area contributed by atoms with Gasteiger partial charge in [-0.1, -0.05) is 0 Å². The third-order valence-corrected chi connectivity index (χ3v) is 2.45. The number of nitrogens with two attached hydrogens (primary N) is 1. The van der Waals surface area contributed by atoms with Crippen molar-refractivity contribution in [3.05, 3.63) is 22.4 Å². The van der Waals surface area contributed by atoms with Crippen LogP contribution in [0, 0.1) is 0 Å². The van der Waals surface area contributed by atoms with Crippen molar-refractivity contribution >= 4 is 33.4 Å². The number of carbonyl (C=O) groups is 1. The smallest absolute Gasteiger partial charge is 0.338 e. The minimum atomic E-state index is -1.05. The summed E-state index contributed by atoms with van der Waals surface area (Å²) in [5.41, 5.74) is 6.07. The van der Waals surface area contributed by atoms with Crippen LogP contribution in [0.25, 0.3) is 5.65 Å². The Hall–Kier alpha value is -1.63. The highest BCUT2D eigenvalue weighted by atomic mass is 79.9. The molecule has 2 heterocycles. The largest absolute Gasteiger partial charge is 0.478 e. The summed E-state index contributed by atoms with van der Waals surface area (Å²) in [5, 5.41) is 12.6. The Morgan fingerprint density at radius 2 is 2.36 bits per heavy atom. The van der Waals surface area contributed by atoms with Crippen LogP contribution in [0.4, 0.5) is 5.82 Å². The minimum absolute atomic E-state index is 0.0625. The average Bonchev–Trinajstić information content (AvgIpc) is 2.42. The molecule has 0 saturated carbocycles. The molecule has 14 heavy (non-hydrogen) atoms. The van der Waals surface area contributed by atoms with Gasteiger partial charge in [0.2, 0.25) is 0 Å². The number of anilines is 1. The van der Waals surface area contributed by atoms with Crippen molar-refractivity contribution in [2.24, 2.45) is 0 Å². The first-order valence-corrected chi connectivity index (χ1v) is 4.41. The van der Waals surface area contributed by atoms with Gasteiger partial charge in [0.1, 0.15) is 4.47 Å². The highest BCUT2D eigenvalue weighted by Crippen LogP contribution is 2.22. The molecule has 0 spiro atoms. The molecule has 0 aliphatic heterocycles. The fourth-order valence-corrected chi connectivity index (χ4v) is 1.40. The van der Waals surface area contributed by atoms with Gasteiger partial charge in [-0.15, -0.1) is 5.10 Å². The Morgan fingerprint density at radius 1 is 1.64 bits per heavy atom. The molecule has 0 aliphatic carbocycles. The number of aromatic nitrogens is 3. The van der Waals surface area contributed by atoms with Gasteiger partial charge >= 0.3 is 5.97 Å². The predicted molar refractivity (Wildman–Crippen MR) is 52.1 cm³/mol. The number of carboxylic acids is 1. The van der Waals surface area contributed by atoms with Gasteiger partial charge in [0.05, 0.1) is 5.56 Å². The molecule has 72 valence electrons. The van der Waals surface area contributed by atoms with E-state index in [2.05, 4.69) is 26.0 Å². The number of hydrogen-bond acceptors (Lipinski definition) is 4. The first kappa shape index (κ1) is 8.95. The van der Waals surface area contributed by atoms with Crippen molar-refractivity contribution < 1.29 is 9.90 Å². The predicted octanol–water partition coefficient (Wildman–Crippen LogP) is 0.772. The second-order valence-corrected chi connectivity index (χ2v) is 3.41. The van der Waals surface area contributed by atoms with Gasteiger partial charge in [-0.05, 0) is 15.9 Å². The lowest BCUT2D eigenvalue weighted by Gasteiger charge is -1.94. The van der Waals surface area contributed by atoms with Crippen molar-refractivity contribution in [2.45, 2.75) is 0 Å². The average molecular weight is 257 g/mol. The Kier molecular flexibility index (Phi) is 1.88. The van der Waals surface area contributed by atoms with E-state index < -0.39 is 5.97 Å². The van der Waals surface area contributed by atoms with E-state index in [-0.39, 0.29) is 11.4 Å².